The second kappa shape index (κ2) is 5.95. The van der Waals surface area contributed by atoms with Gasteiger partial charge in [-0.1, -0.05) is 0 Å². The molecule has 0 saturated carbocycles. The molecule has 1 fully saturated rings. The van der Waals surface area contributed by atoms with Gasteiger partial charge in [-0.3, -0.25) is 9.58 Å². The first-order valence-electron chi connectivity index (χ1n) is 5.41. The van der Waals surface area contributed by atoms with Crippen LogP contribution in [0.1, 0.15) is 0 Å². The fourth-order valence-corrected chi connectivity index (χ4v) is 2.23. The minimum absolute atomic E-state index is 0.367. The normalized spacial score (nSPS) is 19.9. The van der Waals surface area contributed by atoms with Gasteiger partial charge in [-0.05, 0) is 28.7 Å². The largest absolute Gasteiger partial charge is 0.390 e. The van der Waals surface area contributed by atoms with Crippen LogP contribution < -0.4 is 0 Å². The van der Waals surface area contributed by atoms with Crippen molar-refractivity contribution < 1.29 is 9.84 Å². The van der Waals surface area contributed by atoms with Gasteiger partial charge in [0.2, 0.25) is 0 Å². The van der Waals surface area contributed by atoms with Gasteiger partial charge in [0.15, 0.2) is 0 Å². The molecule has 0 bridgehead atoms. The Morgan fingerprint density at radius 1 is 1.44 bits per heavy atom. The number of ether oxygens (including phenoxy) is 1. The van der Waals surface area contributed by atoms with Crippen molar-refractivity contribution in [1.29, 1.82) is 0 Å². The molecule has 1 N–H and O–H groups in total. The molecule has 0 amide bonds. The molecule has 1 aromatic rings. The van der Waals surface area contributed by atoms with E-state index in [1.54, 1.807) is 4.68 Å². The van der Waals surface area contributed by atoms with Crippen LogP contribution in [0.25, 0.3) is 0 Å². The van der Waals surface area contributed by atoms with Crippen LogP contribution in [0.3, 0.4) is 0 Å². The third-order valence-electron chi connectivity index (χ3n) is 2.58. The Morgan fingerprint density at radius 3 is 2.81 bits per heavy atom. The third-order valence-corrected chi connectivity index (χ3v) is 3.15. The van der Waals surface area contributed by atoms with Gasteiger partial charge in [-0.25, -0.2) is 0 Å². The summed E-state index contributed by atoms with van der Waals surface area (Å²) in [6.07, 6.45) is 1.53. The molecule has 1 aliphatic heterocycles. The minimum atomic E-state index is -0.367. The van der Waals surface area contributed by atoms with E-state index in [2.05, 4.69) is 32.6 Å². The van der Waals surface area contributed by atoms with Crippen molar-refractivity contribution in [1.82, 2.24) is 14.7 Å². The van der Waals surface area contributed by atoms with Crippen LogP contribution in [0.15, 0.2) is 12.3 Å². The predicted molar refractivity (Wildman–Crippen MR) is 68.2 cm³/mol. The maximum Gasteiger partial charge on any atom is 0.123 e. The Bertz CT molecular complexity index is 326. The van der Waals surface area contributed by atoms with Gasteiger partial charge >= 0.3 is 0 Å². The molecule has 0 aromatic carbocycles. The van der Waals surface area contributed by atoms with E-state index in [0.717, 1.165) is 30.0 Å². The van der Waals surface area contributed by atoms with Crippen LogP contribution in [0.4, 0.5) is 0 Å². The standard InChI is InChI=1S/C10H16IN3O2/c11-10-1-2-14(12-10)8-9(15)7-13-3-5-16-6-4-13/h1-2,9,15H,3-8H2. The van der Waals surface area contributed by atoms with Crippen LogP contribution in [-0.4, -0.2) is 58.7 Å². The highest BCUT2D eigenvalue weighted by Gasteiger charge is 2.15. The highest BCUT2D eigenvalue weighted by molar-refractivity contribution is 14.1. The van der Waals surface area contributed by atoms with Crippen LogP contribution in [0, 0.1) is 3.70 Å². The lowest BCUT2D eigenvalue weighted by molar-refractivity contribution is 0.0108. The fraction of sp³-hybridized carbons (Fsp3) is 0.700. The average Bonchev–Trinajstić information content (AvgIpc) is 2.65. The summed E-state index contributed by atoms with van der Waals surface area (Å²) in [6, 6.07) is 1.93. The number of morpholine rings is 1. The zero-order chi connectivity index (χ0) is 11.4. The Hall–Kier alpha value is -0.180. The summed E-state index contributed by atoms with van der Waals surface area (Å²) in [5, 5.41) is 14.2. The maximum atomic E-state index is 9.92. The van der Waals surface area contributed by atoms with E-state index < -0.39 is 0 Å². The Balaban J connectivity index is 1.77. The molecule has 5 nitrogen and oxygen atoms in total. The van der Waals surface area contributed by atoms with Crippen LogP contribution >= 0.6 is 22.6 Å². The number of aliphatic hydroxyl groups is 1. The molecule has 1 saturated heterocycles. The van der Waals surface area contributed by atoms with E-state index in [4.69, 9.17) is 4.74 Å². The topological polar surface area (TPSA) is 50.5 Å². The molecule has 0 radical (unpaired) electrons. The number of hydrogen-bond acceptors (Lipinski definition) is 4. The van der Waals surface area contributed by atoms with Gasteiger partial charge in [-0.15, -0.1) is 0 Å². The summed E-state index contributed by atoms with van der Waals surface area (Å²) in [6.45, 7) is 4.61. The number of rotatable bonds is 4. The molecule has 1 aromatic heterocycles. The SMILES string of the molecule is OC(CN1CCOCC1)Cn1ccc(I)n1. The first-order chi connectivity index (χ1) is 7.74. The van der Waals surface area contributed by atoms with Gasteiger partial charge in [0.1, 0.15) is 3.70 Å². The second-order valence-corrected chi connectivity index (χ2v) is 5.03. The second-order valence-electron chi connectivity index (χ2n) is 3.93. The van der Waals surface area contributed by atoms with Gasteiger partial charge in [0.05, 0.1) is 25.9 Å². The molecule has 2 heterocycles. The Labute approximate surface area is 109 Å². The zero-order valence-electron chi connectivity index (χ0n) is 9.05. The lowest BCUT2D eigenvalue weighted by atomic mass is 10.3. The summed E-state index contributed by atoms with van der Waals surface area (Å²) in [4.78, 5) is 2.22. The van der Waals surface area contributed by atoms with Crippen molar-refractivity contribution in [2.24, 2.45) is 0 Å². The zero-order valence-corrected chi connectivity index (χ0v) is 11.2. The Kier molecular flexibility index (Phi) is 4.56. The summed E-state index contributed by atoms with van der Waals surface area (Å²) >= 11 is 2.16. The van der Waals surface area contributed by atoms with Gasteiger partial charge in [0, 0.05) is 25.8 Å². The van der Waals surface area contributed by atoms with Crippen LogP contribution in [0.5, 0.6) is 0 Å². The van der Waals surface area contributed by atoms with E-state index >= 15 is 0 Å². The van der Waals surface area contributed by atoms with Gasteiger partial charge in [-0.2, -0.15) is 5.10 Å². The molecule has 1 unspecified atom stereocenters. The number of β-amino-alcohol motifs (C(OH)–C–C–N with tert-alkyl or cyclic N) is 1. The van der Waals surface area contributed by atoms with Crippen molar-refractivity contribution in [2.45, 2.75) is 12.6 Å². The van der Waals surface area contributed by atoms with E-state index in [0.29, 0.717) is 13.1 Å². The van der Waals surface area contributed by atoms with Crippen molar-refractivity contribution in [3.63, 3.8) is 0 Å². The number of aromatic nitrogens is 2. The molecule has 2 rings (SSSR count). The molecular weight excluding hydrogens is 321 g/mol. The lowest BCUT2D eigenvalue weighted by Crippen LogP contribution is -2.42. The molecule has 0 spiro atoms. The van der Waals surface area contributed by atoms with E-state index in [1.165, 1.54) is 0 Å². The fourth-order valence-electron chi connectivity index (χ4n) is 1.79. The molecule has 16 heavy (non-hydrogen) atoms. The number of aliphatic hydroxyl groups excluding tert-OH is 1. The number of halogens is 1. The molecule has 1 aliphatic rings. The van der Waals surface area contributed by atoms with Crippen LogP contribution in [-0.2, 0) is 11.3 Å². The van der Waals surface area contributed by atoms with Crippen LogP contribution in [0.2, 0.25) is 0 Å². The highest BCUT2D eigenvalue weighted by atomic mass is 127. The smallest absolute Gasteiger partial charge is 0.123 e. The maximum absolute atomic E-state index is 9.92. The molecular formula is C10H16IN3O2. The van der Waals surface area contributed by atoms with Crippen molar-refractivity contribution >= 4 is 22.6 Å². The predicted octanol–water partition coefficient (Wildman–Crippen LogP) is 0.181. The van der Waals surface area contributed by atoms with Gasteiger partial charge < -0.3 is 9.84 Å². The average molecular weight is 337 g/mol. The first kappa shape index (κ1) is 12.3. The Morgan fingerprint density at radius 2 is 2.19 bits per heavy atom. The summed E-state index contributed by atoms with van der Waals surface area (Å²) in [7, 11) is 0. The summed E-state index contributed by atoms with van der Waals surface area (Å²) in [5.41, 5.74) is 0. The minimum Gasteiger partial charge on any atom is -0.390 e. The highest BCUT2D eigenvalue weighted by Crippen LogP contribution is 2.03. The quantitative estimate of drug-likeness (QED) is 0.797. The van der Waals surface area contributed by atoms with Gasteiger partial charge in [0.25, 0.3) is 0 Å². The van der Waals surface area contributed by atoms with E-state index in [1.807, 2.05) is 12.3 Å². The summed E-state index contributed by atoms with van der Waals surface area (Å²) in [5.74, 6) is 0. The molecule has 90 valence electrons. The number of hydrogen-bond donors (Lipinski definition) is 1. The van der Waals surface area contributed by atoms with Crippen molar-refractivity contribution in [3.05, 3.63) is 16.0 Å². The van der Waals surface area contributed by atoms with Crippen molar-refractivity contribution in [3.8, 4) is 0 Å². The number of nitrogens with zero attached hydrogens (tertiary/aromatic N) is 3. The molecule has 6 heteroatoms. The lowest BCUT2D eigenvalue weighted by Gasteiger charge is -2.28. The molecule has 1 atom stereocenters. The molecule has 0 aliphatic carbocycles. The van der Waals surface area contributed by atoms with Crippen molar-refractivity contribution in [2.75, 3.05) is 32.8 Å². The third kappa shape index (κ3) is 3.69. The monoisotopic (exact) mass is 337 g/mol. The van der Waals surface area contributed by atoms with E-state index in [-0.39, 0.29) is 6.10 Å². The summed E-state index contributed by atoms with van der Waals surface area (Å²) < 4.78 is 8.00. The first-order valence-corrected chi connectivity index (χ1v) is 6.49. The van der Waals surface area contributed by atoms with E-state index in [9.17, 15) is 5.11 Å².